The Morgan fingerprint density at radius 2 is 2.14 bits per heavy atom. The van der Waals surface area contributed by atoms with Crippen LogP contribution in [0.5, 0.6) is 5.75 Å². The number of amides is 1. The Bertz CT molecular complexity index is 508. The van der Waals surface area contributed by atoms with E-state index in [-0.39, 0.29) is 30.2 Å². The fourth-order valence-corrected chi connectivity index (χ4v) is 2.10. The number of β-amino-alcohol motifs (C(OH)–C–C–N with tert-alkyl or cyclic N) is 1. The first-order chi connectivity index (χ1) is 9.85. The summed E-state index contributed by atoms with van der Waals surface area (Å²) >= 11 is 0. The third-order valence-electron chi connectivity index (χ3n) is 3.08. The molecule has 1 aromatic rings. The lowest BCUT2D eigenvalue weighted by molar-refractivity contribution is -0.274. The van der Waals surface area contributed by atoms with E-state index in [1.807, 2.05) is 0 Å². The number of aliphatic hydroxyl groups is 1. The molecule has 1 aliphatic heterocycles. The Hall–Kier alpha value is -1.80. The summed E-state index contributed by atoms with van der Waals surface area (Å²) in [4.78, 5) is 11.8. The van der Waals surface area contributed by atoms with Crippen molar-refractivity contribution in [2.24, 2.45) is 0 Å². The van der Waals surface area contributed by atoms with Crippen LogP contribution in [0.15, 0.2) is 24.3 Å². The molecule has 116 valence electrons. The summed E-state index contributed by atoms with van der Waals surface area (Å²) in [6.07, 6.45) is -5.08. The first kappa shape index (κ1) is 15.6. The number of alkyl halides is 3. The second kappa shape index (κ2) is 6.31. The molecule has 1 aliphatic rings. The minimum atomic E-state index is -4.78. The molecule has 2 atom stereocenters. The normalized spacial score (nSPS) is 22.1. The van der Waals surface area contributed by atoms with Crippen LogP contribution in [0.25, 0.3) is 0 Å². The zero-order valence-electron chi connectivity index (χ0n) is 11.0. The molecular weight excluding hydrogens is 289 g/mol. The second-order valence-corrected chi connectivity index (χ2v) is 4.72. The Labute approximate surface area is 119 Å². The van der Waals surface area contributed by atoms with Gasteiger partial charge in [-0.15, -0.1) is 13.2 Å². The highest BCUT2D eigenvalue weighted by atomic mass is 19.4. The number of para-hydroxylation sites is 1. The van der Waals surface area contributed by atoms with Gasteiger partial charge in [0.15, 0.2) is 0 Å². The van der Waals surface area contributed by atoms with E-state index in [9.17, 15) is 23.1 Å². The number of halogens is 3. The fourth-order valence-electron chi connectivity index (χ4n) is 2.10. The van der Waals surface area contributed by atoms with Crippen molar-refractivity contribution in [2.45, 2.75) is 31.5 Å². The molecule has 0 aromatic heterocycles. The van der Waals surface area contributed by atoms with E-state index in [4.69, 9.17) is 0 Å². The predicted molar refractivity (Wildman–Crippen MR) is 67.4 cm³/mol. The first-order valence-electron chi connectivity index (χ1n) is 6.38. The molecule has 1 amide bonds. The smallest absolute Gasteiger partial charge is 0.405 e. The lowest BCUT2D eigenvalue weighted by Crippen LogP contribution is -2.40. The summed E-state index contributed by atoms with van der Waals surface area (Å²) < 4.78 is 40.7. The van der Waals surface area contributed by atoms with Crippen molar-refractivity contribution in [3.8, 4) is 5.75 Å². The Morgan fingerprint density at radius 1 is 1.43 bits per heavy atom. The molecule has 2 rings (SSSR count). The lowest BCUT2D eigenvalue weighted by atomic mass is 10.1. The summed E-state index contributed by atoms with van der Waals surface area (Å²) in [7, 11) is 0. The molecule has 1 fully saturated rings. The summed E-state index contributed by atoms with van der Waals surface area (Å²) in [5.74, 6) is -0.710. The monoisotopic (exact) mass is 304 g/mol. The molecule has 0 saturated carbocycles. The first-order valence-corrected chi connectivity index (χ1v) is 6.38. The number of benzene rings is 1. The number of carbonyl (C=O) groups excluding carboxylic acids is 1. The van der Waals surface area contributed by atoms with E-state index in [0.717, 1.165) is 0 Å². The maximum atomic E-state index is 12.3. The molecule has 8 heteroatoms. The van der Waals surface area contributed by atoms with E-state index in [0.29, 0.717) is 6.54 Å². The van der Waals surface area contributed by atoms with E-state index >= 15 is 0 Å². The van der Waals surface area contributed by atoms with Gasteiger partial charge in [0.2, 0.25) is 5.91 Å². The van der Waals surface area contributed by atoms with Gasteiger partial charge in [-0.2, -0.15) is 0 Å². The highest BCUT2D eigenvalue weighted by Crippen LogP contribution is 2.26. The van der Waals surface area contributed by atoms with E-state index in [2.05, 4.69) is 15.4 Å². The molecule has 21 heavy (non-hydrogen) atoms. The average Bonchev–Trinajstić information content (AvgIpc) is 2.82. The van der Waals surface area contributed by atoms with Crippen LogP contribution in [0.3, 0.4) is 0 Å². The van der Waals surface area contributed by atoms with Gasteiger partial charge in [0.05, 0.1) is 12.1 Å². The van der Waals surface area contributed by atoms with Crippen molar-refractivity contribution in [3.63, 3.8) is 0 Å². The highest BCUT2D eigenvalue weighted by molar-refractivity contribution is 5.82. The van der Waals surface area contributed by atoms with Crippen molar-refractivity contribution in [1.29, 1.82) is 0 Å². The van der Waals surface area contributed by atoms with Crippen molar-refractivity contribution in [2.75, 3.05) is 6.54 Å². The zero-order valence-corrected chi connectivity index (χ0v) is 11.0. The van der Waals surface area contributed by atoms with Crippen molar-refractivity contribution < 1.29 is 27.8 Å². The molecule has 0 radical (unpaired) electrons. The van der Waals surface area contributed by atoms with Crippen LogP contribution in [0, 0.1) is 0 Å². The maximum absolute atomic E-state index is 12.3. The summed E-state index contributed by atoms with van der Waals surface area (Å²) in [5.41, 5.74) is 0.224. The molecule has 0 unspecified atom stereocenters. The number of nitrogens with one attached hydrogen (secondary N) is 2. The lowest BCUT2D eigenvalue weighted by Gasteiger charge is -2.15. The van der Waals surface area contributed by atoms with Gasteiger partial charge in [-0.1, -0.05) is 18.2 Å². The number of ether oxygens (including phenoxy) is 1. The Kier molecular flexibility index (Phi) is 4.69. The molecule has 0 spiro atoms. The van der Waals surface area contributed by atoms with Gasteiger partial charge in [0.25, 0.3) is 0 Å². The minimum Gasteiger partial charge on any atom is -0.405 e. The van der Waals surface area contributed by atoms with Crippen LogP contribution < -0.4 is 15.4 Å². The van der Waals surface area contributed by atoms with Crippen LogP contribution in [-0.2, 0) is 11.3 Å². The van der Waals surface area contributed by atoms with E-state index in [1.54, 1.807) is 6.07 Å². The maximum Gasteiger partial charge on any atom is 0.573 e. The van der Waals surface area contributed by atoms with Crippen molar-refractivity contribution in [3.05, 3.63) is 29.8 Å². The van der Waals surface area contributed by atoms with Crippen LogP contribution in [-0.4, -0.2) is 36.1 Å². The van der Waals surface area contributed by atoms with Gasteiger partial charge in [-0.25, -0.2) is 0 Å². The quantitative estimate of drug-likeness (QED) is 0.774. The van der Waals surface area contributed by atoms with Crippen LogP contribution in [0.1, 0.15) is 12.0 Å². The second-order valence-electron chi connectivity index (χ2n) is 4.72. The number of hydrogen-bond acceptors (Lipinski definition) is 4. The van der Waals surface area contributed by atoms with Gasteiger partial charge in [-0.05, 0) is 12.5 Å². The van der Waals surface area contributed by atoms with Crippen LogP contribution >= 0.6 is 0 Å². The van der Waals surface area contributed by atoms with Crippen LogP contribution in [0.2, 0.25) is 0 Å². The number of hydrogen-bond donors (Lipinski definition) is 3. The zero-order chi connectivity index (χ0) is 15.5. The van der Waals surface area contributed by atoms with Gasteiger partial charge in [-0.3, -0.25) is 4.79 Å². The molecule has 1 saturated heterocycles. The Morgan fingerprint density at radius 3 is 2.76 bits per heavy atom. The van der Waals surface area contributed by atoms with Gasteiger partial charge in [0, 0.05) is 18.7 Å². The average molecular weight is 304 g/mol. The topological polar surface area (TPSA) is 70.6 Å². The number of rotatable bonds is 4. The van der Waals surface area contributed by atoms with E-state index in [1.165, 1.54) is 18.2 Å². The molecule has 0 bridgehead atoms. The molecule has 0 aliphatic carbocycles. The summed E-state index contributed by atoms with van der Waals surface area (Å²) in [5, 5.41) is 14.7. The third-order valence-corrected chi connectivity index (χ3v) is 3.08. The van der Waals surface area contributed by atoms with Crippen molar-refractivity contribution >= 4 is 5.91 Å². The minimum absolute atomic E-state index is 0.0840. The van der Waals surface area contributed by atoms with Crippen molar-refractivity contribution in [1.82, 2.24) is 10.6 Å². The molecule has 5 nitrogen and oxygen atoms in total. The number of aliphatic hydroxyl groups excluding tert-OH is 1. The number of carbonyl (C=O) groups is 1. The standard InChI is InChI=1S/C13H15F3N2O3/c14-13(15,16)21-11-4-2-1-3-8(11)6-18-12(20)10-5-9(19)7-17-10/h1-4,9-10,17,19H,5-7H2,(H,18,20)/t9-,10-/m0/s1. The molecule has 1 heterocycles. The Balaban J connectivity index is 1.95. The molecule has 1 aromatic carbocycles. The van der Waals surface area contributed by atoms with Gasteiger partial charge < -0.3 is 20.5 Å². The highest BCUT2D eigenvalue weighted by Gasteiger charge is 2.32. The summed E-state index contributed by atoms with van der Waals surface area (Å²) in [6.45, 7) is 0.241. The predicted octanol–water partition coefficient (Wildman–Crippen LogP) is 0.924. The molecular formula is C13H15F3N2O3. The molecule has 3 N–H and O–H groups in total. The largest absolute Gasteiger partial charge is 0.573 e. The van der Waals surface area contributed by atoms with Crippen LogP contribution in [0.4, 0.5) is 13.2 Å². The van der Waals surface area contributed by atoms with E-state index < -0.39 is 18.5 Å². The van der Waals surface area contributed by atoms with Gasteiger partial charge >= 0.3 is 6.36 Å². The third kappa shape index (κ3) is 4.61. The SMILES string of the molecule is O=C(NCc1ccccc1OC(F)(F)F)[C@@H]1C[C@H](O)CN1. The van der Waals surface area contributed by atoms with Gasteiger partial charge in [0.1, 0.15) is 5.75 Å². The summed E-state index contributed by atoms with van der Waals surface area (Å²) in [6, 6.07) is 5.07. The fraction of sp³-hybridized carbons (Fsp3) is 0.462.